The van der Waals surface area contributed by atoms with Crippen molar-refractivity contribution in [2.24, 2.45) is 47.3 Å². The van der Waals surface area contributed by atoms with Gasteiger partial charge in [0.15, 0.2) is 0 Å². The predicted molar refractivity (Wildman–Crippen MR) is 126 cm³/mol. The molecule has 0 spiro atoms. The molecule has 6 unspecified atom stereocenters. The smallest absolute Gasteiger partial charge is 0.0431 e. The highest BCUT2D eigenvalue weighted by Crippen LogP contribution is 2.51. The highest BCUT2D eigenvalue weighted by Gasteiger charge is 2.41. The molecule has 0 aromatic rings. The minimum atomic E-state index is 0.380. The van der Waals surface area contributed by atoms with Crippen LogP contribution in [0.5, 0.6) is 0 Å². The molecule has 29 heavy (non-hydrogen) atoms. The van der Waals surface area contributed by atoms with E-state index in [9.17, 15) is 0 Å². The van der Waals surface area contributed by atoms with Gasteiger partial charge in [-0.05, 0) is 98.7 Å². The van der Waals surface area contributed by atoms with Crippen LogP contribution in [0.4, 0.5) is 0 Å². The Morgan fingerprint density at radius 3 is 1.97 bits per heavy atom. The predicted octanol–water partition coefficient (Wildman–Crippen LogP) is 8.25. The van der Waals surface area contributed by atoms with Gasteiger partial charge >= 0.3 is 0 Å². The molecule has 0 saturated heterocycles. The van der Waals surface area contributed by atoms with E-state index in [4.69, 9.17) is 5.11 Å². The minimum absolute atomic E-state index is 0.380. The summed E-state index contributed by atoms with van der Waals surface area (Å²) in [5.74, 6) is 8.21. The molecule has 170 valence electrons. The summed E-state index contributed by atoms with van der Waals surface area (Å²) >= 11 is 0. The van der Waals surface area contributed by atoms with Crippen LogP contribution in [0.25, 0.3) is 0 Å². The first-order valence-electron chi connectivity index (χ1n) is 13.8. The lowest BCUT2D eigenvalue weighted by molar-refractivity contribution is 0.0297. The fraction of sp³-hybridized carbons (Fsp3) is 1.00. The van der Waals surface area contributed by atoms with Crippen molar-refractivity contribution < 1.29 is 5.11 Å². The molecule has 0 amide bonds. The second kappa shape index (κ2) is 12.1. The number of unbranched alkanes of at least 4 members (excludes halogenated alkanes) is 2. The van der Waals surface area contributed by atoms with Gasteiger partial charge in [-0.3, -0.25) is 0 Å². The molecule has 0 aliphatic heterocycles. The molecular weight excluding hydrogens is 352 g/mol. The summed E-state index contributed by atoms with van der Waals surface area (Å²) in [4.78, 5) is 0. The van der Waals surface area contributed by atoms with Crippen LogP contribution >= 0.6 is 0 Å². The second-order valence-corrected chi connectivity index (χ2v) is 11.5. The van der Waals surface area contributed by atoms with E-state index < -0.39 is 0 Å². The van der Waals surface area contributed by atoms with Crippen molar-refractivity contribution in [3.63, 3.8) is 0 Å². The molecule has 0 radical (unpaired) electrons. The van der Waals surface area contributed by atoms with Gasteiger partial charge in [-0.1, -0.05) is 72.1 Å². The Morgan fingerprint density at radius 1 is 0.655 bits per heavy atom. The third-order valence-corrected chi connectivity index (χ3v) is 9.82. The maximum Gasteiger partial charge on any atom is 0.0431 e. The van der Waals surface area contributed by atoms with Gasteiger partial charge in [-0.2, -0.15) is 0 Å². The first kappa shape index (κ1) is 23.6. The first-order chi connectivity index (χ1) is 14.2. The zero-order valence-electron chi connectivity index (χ0n) is 20.1. The standard InChI is InChI=1S/C28H52O/c1-4-23-19-22(9-7-6-8-18-29)12-16-28(23)26-15-17-27(24(5-2)20-26)25-13-10-21(3)11-14-25/h21-29H,4-20H2,1-3H3. The van der Waals surface area contributed by atoms with Crippen LogP contribution in [0.3, 0.4) is 0 Å². The Balaban J connectivity index is 1.50. The molecule has 3 saturated carbocycles. The lowest BCUT2D eigenvalue weighted by Crippen LogP contribution is -2.38. The van der Waals surface area contributed by atoms with Crippen LogP contribution in [0.15, 0.2) is 0 Å². The molecule has 0 aromatic heterocycles. The number of aliphatic hydroxyl groups excluding tert-OH is 1. The number of aliphatic hydroxyl groups is 1. The Kier molecular flexibility index (Phi) is 9.87. The molecule has 0 heterocycles. The highest BCUT2D eigenvalue weighted by atomic mass is 16.2. The van der Waals surface area contributed by atoms with Crippen LogP contribution in [-0.4, -0.2) is 11.7 Å². The molecule has 1 nitrogen and oxygen atoms in total. The number of hydrogen-bond acceptors (Lipinski definition) is 1. The van der Waals surface area contributed by atoms with Crippen LogP contribution in [0.1, 0.15) is 124 Å². The average molecular weight is 405 g/mol. The van der Waals surface area contributed by atoms with Gasteiger partial charge < -0.3 is 5.11 Å². The van der Waals surface area contributed by atoms with E-state index in [1.807, 2.05) is 0 Å². The van der Waals surface area contributed by atoms with Crippen LogP contribution < -0.4 is 0 Å². The highest BCUT2D eigenvalue weighted by molar-refractivity contribution is 4.91. The summed E-state index contributed by atoms with van der Waals surface area (Å²) in [5, 5.41) is 9.02. The molecule has 6 atom stereocenters. The SMILES string of the molecule is CCC1CC(CCCCCO)CCC1C1CCC(C2CCC(C)CC2)C(CC)C1. The van der Waals surface area contributed by atoms with Gasteiger partial charge in [0.2, 0.25) is 0 Å². The molecule has 3 aliphatic rings. The molecular formula is C28H52O. The monoisotopic (exact) mass is 404 g/mol. The number of rotatable bonds is 9. The zero-order valence-corrected chi connectivity index (χ0v) is 20.1. The molecule has 0 aromatic carbocycles. The molecule has 3 aliphatic carbocycles. The maximum atomic E-state index is 9.02. The van der Waals surface area contributed by atoms with Crippen molar-refractivity contribution >= 4 is 0 Å². The van der Waals surface area contributed by atoms with Crippen molar-refractivity contribution in [1.82, 2.24) is 0 Å². The third kappa shape index (κ3) is 6.47. The van der Waals surface area contributed by atoms with Gasteiger partial charge in [0, 0.05) is 6.61 Å². The summed E-state index contributed by atoms with van der Waals surface area (Å²) in [6.45, 7) is 7.81. The van der Waals surface area contributed by atoms with E-state index in [0.717, 1.165) is 53.8 Å². The average Bonchev–Trinajstić information content (AvgIpc) is 2.76. The van der Waals surface area contributed by atoms with Crippen LogP contribution in [-0.2, 0) is 0 Å². The Morgan fingerprint density at radius 2 is 1.28 bits per heavy atom. The Labute approximate surface area is 182 Å². The van der Waals surface area contributed by atoms with Gasteiger partial charge in [-0.15, -0.1) is 0 Å². The van der Waals surface area contributed by atoms with E-state index in [2.05, 4.69) is 20.8 Å². The zero-order chi connectivity index (χ0) is 20.6. The van der Waals surface area contributed by atoms with Gasteiger partial charge in [0.25, 0.3) is 0 Å². The summed E-state index contributed by atoms with van der Waals surface area (Å²) < 4.78 is 0. The summed E-state index contributed by atoms with van der Waals surface area (Å²) in [6.07, 6.45) is 23.1. The van der Waals surface area contributed by atoms with E-state index in [1.165, 1.54) is 77.0 Å². The fourth-order valence-electron chi connectivity index (χ4n) is 7.98. The summed E-state index contributed by atoms with van der Waals surface area (Å²) in [5.41, 5.74) is 0. The normalized spacial score (nSPS) is 41.4. The lowest BCUT2D eigenvalue weighted by atomic mass is 9.58. The quantitative estimate of drug-likeness (QED) is 0.383. The minimum Gasteiger partial charge on any atom is -0.396 e. The first-order valence-corrected chi connectivity index (χ1v) is 13.8. The molecule has 1 N–H and O–H groups in total. The maximum absolute atomic E-state index is 9.02. The van der Waals surface area contributed by atoms with Gasteiger partial charge in [-0.25, -0.2) is 0 Å². The van der Waals surface area contributed by atoms with Crippen LogP contribution in [0, 0.1) is 47.3 Å². The summed E-state index contributed by atoms with van der Waals surface area (Å²) in [7, 11) is 0. The third-order valence-electron chi connectivity index (χ3n) is 9.82. The van der Waals surface area contributed by atoms with E-state index in [1.54, 1.807) is 19.3 Å². The van der Waals surface area contributed by atoms with Gasteiger partial charge in [0.1, 0.15) is 0 Å². The van der Waals surface area contributed by atoms with Crippen LogP contribution in [0.2, 0.25) is 0 Å². The Bertz CT molecular complexity index is 438. The van der Waals surface area contributed by atoms with Crippen molar-refractivity contribution in [2.75, 3.05) is 6.61 Å². The largest absolute Gasteiger partial charge is 0.396 e. The van der Waals surface area contributed by atoms with Crippen molar-refractivity contribution in [3.8, 4) is 0 Å². The molecule has 0 bridgehead atoms. The fourth-order valence-corrected chi connectivity index (χ4v) is 7.98. The second-order valence-electron chi connectivity index (χ2n) is 11.5. The molecule has 1 heteroatoms. The lowest BCUT2D eigenvalue weighted by Gasteiger charge is -2.47. The van der Waals surface area contributed by atoms with Crippen molar-refractivity contribution in [3.05, 3.63) is 0 Å². The topological polar surface area (TPSA) is 20.2 Å². The van der Waals surface area contributed by atoms with E-state index in [0.29, 0.717) is 6.61 Å². The van der Waals surface area contributed by atoms with E-state index in [-0.39, 0.29) is 0 Å². The van der Waals surface area contributed by atoms with Crippen molar-refractivity contribution in [1.29, 1.82) is 0 Å². The van der Waals surface area contributed by atoms with E-state index >= 15 is 0 Å². The molecule has 3 fully saturated rings. The van der Waals surface area contributed by atoms with Gasteiger partial charge in [0.05, 0.1) is 0 Å². The van der Waals surface area contributed by atoms with Crippen molar-refractivity contribution in [2.45, 2.75) is 124 Å². The molecule has 3 rings (SSSR count). The summed E-state index contributed by atoms with van der Waals surface area (Å²) in [6, 6.07) is 0. The Hall–Kier alpha value is -0.0400. The number of hydrogen-bond donors (Lipinski definition) is 1.